The first-order valence-electron chi connectivity index (χ1n) is 9.04. The van der Waals surface area contributed by atoms with Crippen LogP contribution >= 0.6 is 0 Å². The Morgan fingerprint density at radius 3 is 2.38 bits per heavy atom. The number of anilines is 1. The van der Waals surface area contributed by atoms with Crippen LogP contribution in [0.25, 0.3) is 0 Å². The van der Waals surface area contributed by atoms with Gasteiger partial charge in [0.2, 0.25) is 0 Å². The monoisotopic (exact) mass is 362 g/mol. The average molecular weight is 362 g/mol. The zero-order valence-electron chi connectivity index (χ0n) is 15.1. The number of piperazine rings is 1. The summed E-state index contributed by atoms with van der Waals surface area (Å²) < 4.78 is 4.70. The Hall–Kier alpha value is -2.19. The fourth-order valence-corrected chi connectivity index (χ4v) is 3.75. The minimum atomic E-state index is -0.752. The van der Waals surface area contributed by atoms with Crippen molar-refractivity contribution < 1.29 is 19.4 Å². The van der Waals surface area contributed by atoms with Crippen molar-refractivity contribution in [1.82, 2.24) is 14.8 Å². The molecule has 0 atom stereocenters. The average Bonchev–Trinajstić information content (AvgIpc) is 2.68. The van der Waals surface area contributed by atoms with E-state index in [9.17, 15) is 9.59 Å². The minimum absolute atomic E-state index is 0.138. The summed E-state index contributed by atoms with van der Waals surface area (Å²) in [7, 11) is 1.36. The first kappa shape index (κ1) is 18.6. The zero-order chi connectivity index (χ0) is 18.5. The number of carbonyl (C=O) groups is 2. The van der Waals surface area contributed by atoms with Crippen LogP contribution in [-0.4, -0.2) is 90.8 Å². The molecule has 0 amide bonds. The fraction of sp³-hybridized carbons (Fsp3) is 0.611. The summed E-state index contributed by atoms with van der Waals surface area (Å²) >= 11 is 0. The molecule has 2 saturated heterocycles. The molecule has 3 rings (SSSR count). The lowest BCUT2D eigenvalue weighted by Gasteiger charge is -2.42. The molecule has 1 aromatic heterocycles. The molecular formula is C18H26N4O4. The van der Waals surface area contributed by atoms with Crippen molar-refractivity contribution >= 4 is 17.8 Å². The molecule has 0 spiro atoms. The Balaban J connectivity index is 1.47. The van der Waals surface area contributed by atoms with Crippen LogP contribution in [0.2, 0.25) is 0 Å². The van der Waals surface area contributed by atoms with Crippen molar-refractivity contribution in [2.75, 3.05) is 57.8 Å². The number of pyridine rings is 1. The number of carboxylic acid groups (broad SMARTS) is 1. The Bertz CT molecular complexity index is 621. The molecule has 142 valence electrons. The maximum atomic E-state index is 11.5. The third-order valence-corrected chi connectivity index (χ3v) is 5.24. The molecule has 1 aromatic rings. The molecule has 26 heavy (non-hydrogen) atoms. The number of hydrogen-bond acceptors (Lipinski definition) is 7. The van der Waals surface area contributed by atoms with E-state index in [0.717, 1.165) is 57.9 Å². The number of carboxylic acids is 1. The molecule has 0 bridgehead atoms. The Morgan fingerprint density at radius 2 is 1.85 bits per heavy atom. The predicted molar refractivity (Wildman–Crippen MR) is 96.5 cm³/mol. The van der Waals surface area contributed by atoms with E-state index in [0.29, 0.717) is 11.6 Å². The molecule has 8 heteroatoms. The van der Waals surface area contributed by atoms with Crippen molar-refractivity contribution in [1.29, 1.82) is 0 Å². The van der Waals surface area contributed by atoms with Crippen molar-refractivity contribution in [3.05, 3.63) is 23.9 Å². The van der Waals surface area contributed by atoms with Gasteiger partial charge in [-0.2, -0.15) is 0 Å². The fourth-order valence-electron chi connectivity index (χ4n) is 3.75. The largest absolute Gasteiger partial charge is 0.480 e. The molecular weight excluding hydrogens is 336 g/mol. The quantitative estimate of drug-likeness (QED) is 0.760. The lowest BCUT2D eigenvalue weighted by Crippen LogP contribution is -2.54. The standard InChI is InChI=1S/C18H26N4O4/c1-26-18(25)14-2-3-16(19-12-14)22-6-4-15(5-7-22)21-10-8-20(9-11-21)13-17(23)24/h2-3,12,15H,4-11,13H2,1H3,(H,23,24). The molecule has 3 heterocycles. The third kappa shape index (κ3) is 4.50. The van der Waals surface area contributed by atoms with Crippen molar-refractivity contribution in [2.45, 2.75) is 18.9 Å². The number of methoxy groups -OCH3 is 1. The summed E-state index contributed by atoms with van der Waals surface area (Å²) in [6.45, 7) is 5.52. The van der Waals surface area contributed by atoms with Gasteiger partial charge in [0.15, 0.2) is 0 Å². The molecule has 2 fully saturated rings. The minimum Gasteiger partial charge on any atom is -0.480 e. The summed E-state index contributed by atoms with van der Waals surface area (Å²) in [6.07, 6.45) is 3.70. The van der Waals surface area contributed by atoms with Gasteiger partial charge in [0.1, 0.15) is 5.82 Å². The Kier molecular flexibility index (Phi) is 6.05. The number of aromatic nitrogens is 1. The molecule has 0 unspecified atom stereocenters. The van der Waals surface area contributed by atoms with E-state index in [1.54, 1.807) is 12.3 Å². The number of aliphatic carboxylic acids is 1. The molecule has 0 radical (unpaired) electrons. The lowest BCUT2D eigenvalue weighted by atomic mass is 10.0. The van der Waals surface area contributed by atoms with Gasteiger partial charge in [-0.15, -0.1) is 0 Å². The van der Waals surface area contributed by atoms with Gasteiger partial charge in [0.05, 0.1) is 19.2 Å². The molecule has 2 aliphatic rings. The number of rotatable bonds is 5. The van der Waals surface area contributed by atoms with Gasteiger partial charge in [-0.05, 0) is 25.0 Å². The number of esters is 1. The molecule has 8 nitrogen and oxygen atoms in total. The van der Waals surface area contributed by atoms with Gasteiger partial charge >= 0.3 is 11.9 Å². The zero-order valence-corrected chi connectivity index (χ0v) is 15.1. The predicted octanol–water partition coefficient (Wildman–Crippen LogP) is 0.539. The maximum Gasteiger partial charge on any atom is 0.339 e. The normalized spacial score (nSPS) is 20.1. The number of nitrogens with zero attached hydrogens (tertiary/aromatic N) is 4. The highest BCUT2D eigenvalue weighted by Crippen LogP contribution is 2.22. The van der Waals surface area contributed by atoms with Crippen LogP contribution in [0.4, 0.5) is 5.82 Å². The van der Waals surface area contributed by atoms with Crippen molar-refractivity contribution in [2.24, 2.45) is 0 Å². The molecule has 1 N–H and O–H groups in total. The smallest absolute Gasteiger partial charge is 0.339 e. The van der Waals surface area contributed by atoms with Gasteiger partial charge in [-0.25, -0.2) is 9.78 Å². The summed E-state index contributed by atoms with van der Waals surface area (Å²) in [4.78, 5) is 33.4. The molecule has 0 aromatic carbocycles. The van der Waals surface area contributed by atoms with E-state index in [1.165, 1.54) is 7.11 Å². The second kappa shape index (κ2) is 8.46. The number of ether oxygens (including phenoxy) is 1. The van der Waals surface area contributed by atoms with Crippen LogP contribution in [-0.2, 0) is 9.53 Å². The van der Waals surface area contributed by atoms with Crippen LogP contribution in [0.3, 0.4) is 0 Å². The molecule has 0 saturated carbocycles. The van der Waals surface area contributed by atoms with Gasteiger partial charge in [0, 0.05) is 51.5 Å². The van der Waals surface area contributed by atoms with Crippen LogP contribution < -0.4 is 4.90 Å². The number of hydrogen-bond donors (Lipinski definition) is 1. The summed E-state index contributed by atoms with van der Waals surface area (Å²) in [5.41, 5.74) is 0.463. The highest BCUT2D eigenvalue weighted by Gasteiger charge is 2.28. The summed E-state index contributed by atoms with van der Waals surface area (Å²) in [5.74, 6) is -0.232. The SMILES string of the molecule is COC(=O)c1ccc(N2CCC(N3CCN(CC(=O)O)CC3)CC2)nc1. The number of carbonyl (C=O) groups excluding carboxylic acids is 1. The van der Waals surface area contributed by atoms with Crippen molar-refractivity contribution in [3.63, 3.8) is 0 Å². The van der Waals surface area contributed by atoms with Gasteiger partial charge in [0.25, 0.3) is 0 Å². The Labute approximate surface area is 153 Å². The second-order valence-corrected chi connectivity index (χ2v) is 6.82. The van der Waals surface area contributed by atoms with E-state index in [4.69, 9.17) is 9.84 Å². The first-order chi connectivity index (χ1) is 12.6. The second-order valence-electron chi connectivity index (χ2n) is 6.82. The summed E-state index contributed by atoms with van der Waals surface area (Å²) in [5, 5.41) is 8.89. The first-order valence-corrected chi connectivity index (χ1v) is 9.04. The van der Waals surface area contributed by atoms with E-state index in [2.05, 4.69) is 14.8 Å². The molecule has 2 aliphatic heterocycles. The van der Waals surface area contributed by atoms with Gasteiger partial charge < -0.3 is 14.7 Å². The van der Waals surface area contributed by atoms with Crippen LogP contribution in [0.5, 0.6) is 0 Å². The van der Waals surface area contributed by atoms with E-state index < -0.39 is 5.97 Å². The topological polar surface area (TPSA) is 86.2 Å². The van der Waals surface area contributed by atoms with Crippen LogP contribution in [0.1, 0.15) is 23.2 Å². The highest BCUT2D eigenvalue weighted by atomic mass is 16.5. The number of piperidine rings is 1. The maximum absolute atomic E-state index is 11.5. The molecule has 0 aliphatic carbocycles. The van der Waals surface area contributed by atoms with Crippen molar-refractivity contribution in [3.8, 4) is 0 Å². The highest BCUT2D eigenvalue weighted by molar-refractivity contribution is 5.89. The van der Waals surface area contributed by atoms with Gasteiger partial charge in [-0.1, -0.05) is 0 Å². The van der Waals surface area contributed by atoms with E-state index in [-0.39, 0.29) is 12.5 Å². The van der Waals surface area contributed by atoms with Crippen LogP contribution in [0, 0.1) is 0 Å². The van der Waals surface area contributed by atoms with E-state index in [1.807, 2.05) is 11.0 Å². The third-order valence-electron chi connectivity index (χ3n) is 5.24. The van der Waals surface area contributed by atoms with Gasteiger partial charge in [-0.3, -0.25) is 14.6 Å². The van der Waals surface area contributed by atoms with E-state index >= 15 is 0 Å². The summed E-state index contributed by atoms with van der Waals surface area (Å²) in [6, 6.07) is 4.17. The van der Waals surface area contributed by atoms with Crippen LogP contribution in [0.15, 0.2) is 18.3 Å². The lowest BCUT2D eigenvalue weighted by molar-refractivity contribution is -0.138. The Morgan fingerprint density at radius 1 is 1.15 bits per heavy atom.